The summed E-state index contributed by atoms with van der Waals surface area (Å²) in [6.45, 7) is 9.06. The van der Waals surface area contributed by atoms with Crippen LogP contribution >= 0.6 is 0 Å². The molecule has 0 saturated carbocycles. The molecule has 0 atom stereocenters. The summed E-state index contributed by atoms with van der Waals surface area (Å²) in [5, 5.41) is 0. The van der Waals surface area contributed by atoms with Gasteiger partial charge >= 0.3 is 0 Å². The van der Waals surface area contributed by atoms with Crippen LogP contribution in [0.2, 0.25) is 0 Å². The molecule has 1 nitrogen and oxygen atoms in total. The molecule has 3 rings (SSSR count). The zero-order chi connectivity index (χ0) is 17.3. The van der Waals surface area contributed by atoms with E-state index >= 15 is 0 Å². The molecule has 0 heterocycles. The van der Waals surface area contributed by atoms with Gasteiger partial charge in [-0.2, -0.15) is 0 Å². The van der Waals surface area contributed by atoms with Crippen molar-refractivity contribution in [2.24, 2.45) is 0 Å². The Bertz CT molecular complexity index is 774. The van der Waals surface area contributed by atoms with Crippen LogP contribution in [0.4, 0.5) is 5.69 Å². The number of nitrogen functional groups attached to an aromatic ring is 1. The lowest BCUT2D eigenvalue weighted by atomic mass is 9.34. The van der Waals surface area contributed by atoms with E-state index in [0.29, 0.717) is 0 Å². The minimum atomic E-state index is 0.230. The van der Waals surface area contributed by atoms with Crippen molar-refractivity contribution in [1.82, 2.24) is 0 Å². The van der Waals surface area contributed by atoms with E-state index in [9.17, 15) is 0 Å². The molecule has 0 amide bonds. The normalized spacial score (nSPS) is 10.7. The van der Waals surface area contributed by atoms with Crippen molar-refractivity contribution in [2.45, 2.75) is 27.7 Å². The van der Waals surface area contributed by atoms with E-state index < -0.39 is 0 Å². The summed E-state index contributed by atoms with van der Waals surface area (Å²) in [4.78, 5) is 0. The zero-order valence-electron chi connectivity index (χ0n) is 14.9. The topological polar surface area (TPSA) is 26.0 Å². The highest BCUT2D eigenvalue weighted by atomic mass is 14.5. The van der Waals surface area contributed by atoms with Gasteiger partial charge in [-0.3, -0.25) is 0 Å². The van der Waals surface area contributed by atoms with Gasteiger partial charge < -0.3 is 5.73 Å². The van der Waals surface area contributed by atoms with Gasteiger partial charge in [0.2, 0.25) is 6.71 Å². The monoisotopic (exact) mass is 313 g/mol. The van der Waals surface area contributed by atoms with E-state index in [1.807, 2.05) is 12.1 Å². The molecule has 0 unspecified atom stereocenters. The molecule has 2 heteroatoms. The molecule has 2 N–H and O–H groups in total. The predicted octanol–water partition coefficient (Wildman–Crippen LogP) is 3.02. The van der Waals surface area contributed by atoms with Crippen molar-refractivity contribution >= 4 is 28.8 Å². The van der Waals surface area contributed by atoms with Gasteiger partial charge in [-0.25, -0.2) is 0 Å². The number of benzene rings is 3. The SMILES string of the molecule is Cc1cccc(C)c1B(c1ccc(N)cc1)c1c(C)cccc1C. The van der Waals surface area contributed by atoms with Crippen molar-refractivity contribution in [3.8, 4) is 0 Å². The van der Waals surface area contributed by atoms with Crippen molar-refractivity contribution in [1.29, 1.82) is 0 Å². The predicted molar refractivity (Wildman–Crippen MR) is 107 cm³/mol. The van der Waals surface area contributed by atoms with Crippen LogP contribution in [0.1, 0.15) is 22.3 Å². The second-order valence-electron chi connectivity index (χ2n) is 6.71. The third-order valence-corrected chi connectivity index (χ3v) is 4.93. The molecule has 24 heavy (non-hydrogen) atoms. The first-order chi connectivity index (χ1) is 11.5. The third kappa shape index (κ3) is 2.97. The highest BCUT2D eigenvalue weighted by Crippen LogP contribution is 2.09. The lowest BCUT2D eigenvalue weighted by Gasteiger charge is -2.23. The maximum atomic E-state index is 5.92. The summed E-state index contributed by atoms with van der Waals surface area (Å²) in [6.07, 6.45) is 0. The molecule has 3 aromatic carbocycles. The van der Waals surface area contributed by atoms with Gasteiger partial charge in [-0.05, 0) is 39.8 Å². The largest absolute Gasteiger partial charge is 0.399 e. The molecular weight excluding hydrogens is 289 g/mol. The Balaban J connectivity index is 2.32. The highest BCUT2D eigenvalue weighted by molar-refractivity contribution is 6.96. The molecule has 120 valence electrons. The Labute approximate surface area is 145 Å². The van der Waals surface area contributed by atoms with Crippen LogP contribution in [0.15, 0.2) is 60.7 Å². The first-order valence-electron chi connectivity index (χ1n) is 8.46. The second-order valence-corrected chi connectivity index (χ2v) is 6.71. The minimum absolute atomic E-state index is 0.230. The van der Waals surface area contributed by atoms with Crippen LogP contribution in [0.3, 0.4) is 0 Å². The zero-order valence-corrected chi connectivity index (χ0v) is 14.9. The minimum Gasteiger partial charge on any atom is -0.399 e. The molecule has 0 aliphatic heterocycles. The Kier molecular flexibility index (Phi) is 4.48. The molecule has 0 saturated heterocycles. The van der Waals surface area contributed by atoms with Crippen molar-refractivity contribution < 1.29 is 0 Å². The number of anilines is 1. The van der Waals surface area contributed by atoms with E-state index in [-0.39, 0.29) is 6.71 Å². The molecule has 0 aliphatic rings. The summed E-state index contributed by atoms with van der Waals surface area (Å²) in [7, 11) is 0. The van der Waals surface area contributed by atoms with Crippen molar-refractivity contribution in [3.05, 3.63) is 82.9 Å². The maximum absolute atomic E-state index is 5.92. The van der Waals surface area contributed by atoms with E-state index in [1.165, 1.54) is 38.6 Å². The number of hydrogen-bond acceptors (Lipinski definition) is 1. The summed E-state index contributed by atoms with van der Waals surface area (Å²) in [5.74, 6) is 0. The van der Waals surface area contributed by atoms with Crippen molar-refractivity contribution in [3.63, 3.8) is 0 Å². The van der Waals surface area contributed by atoms with Crippen LogP contribution in [-0.2, 0) is 0 Å². The quantitative estimate of drug-likeness (QED) is 0.584. The molecule has 0 aliphatic carbocycles. The molecular formula is C22H24BN. The number of aryl methyl sites for hydroxylation is 4. The third-order valence-electron chi connectivity index (χ3n) is 4.93. The smallest absolute Gasteiger partial charge is 0.242 e. The van der Waals surface area contributed by atoms with Gasteiger partial charge in [0.05, 0.1) is 0 Å². The van der Waals surface area contributed by atoms with Crippen molar-refractivity contribution in [2.75, 3.05) is 5.73 Å². The Morgan fingerprint density at radius 3 is 1.33 bits per heavy atom. The Morgan fingerprint density at radius 1 is 0.583 bits per heavy atom. The van der Waals surface area contributed by atoms with Gasteiger partial charge in [0.25, 0.3) is 0 Å². The van der Waals surface area contributed by atoms with E-state index in [1.54, 1.807) is 0 Å². The lowest BCUT2D eigenvalue weighted by Crippen LogP contribution is -2.55. The second kappa shape index (κ2) is 6.56. The fourth-order valence-electron chi connectivity index (χ4n) is 3.73. The van der Waals surface area contributed by atoms with Gasteiger partial charge in [-0.15, -0.1) is 0 Å². The standard InChI is InChI=1S/C22H24BN/c1-15-7-5-8-16(2)21(15)23(19-11-13-20(24)14-12-19)22-17(3)9-6-10-18(22)4/h5-14H,24H2,1-4H3. The molecule has 0 bridgehead atoms. The molecule has 3 aromatic rings. The number of rotatable bonds is 3. The lowest BCUT2D eigenvalue weighted by molar-refractivity contribution is 1.41. The van der Waals surface area contributed by atoms with Gasteiger partial charge in [0.1, 0.15) is 0 Å². The summed E-state index contributed by atoms with van der Waals surface area (Å²) in [5.41, 5.74) is 16.2. The van der Waals surface area contributed by atoms with Gasteiger partial charge in [-0.1, -0.05) is 87.2 Å². The van der Waals surface area contributed by atoms with Crippen LogP contribution in [-0.4, -0.2) is 6.71 Å². The summed E-state index contributed by atoms with van der Waals surface area (Å²) < 4.78 is 0. The molecule has 0 fully saturated rings. The van der Waals surface area contributed by atoms with E-state index in [4.69, 9.17) is 5.73 Å². The maximum Gasteiger partial charge on any atom is 0.242 e. The molecule has 0 radical (unpaired) electrons. The van der Waals surface area contributed by atoms with Gasteiger partial charge in [0.15, 0.2) is 0 Å². The number of nitrogens with two attached hydrogens (primary N) is 1. The average molecular weight is 313 g/mol. The highest BCUT2D eigenvalue weighted by Gasteiger charge is 2.27. The first kappa shape index (κ1) is 16.4. The van der Waals surface area contributed by atoms with Crippen LogP contribution in [0.25, 0.3) is 0 Å². The summed E-state index contributed by atoms with van der Waals surface area (Å²) in [6, 6.07) is 21.4. The van der Waals surface area contributed by atoms with E-state index in [2.05, 4.69) is 76.2 Å². The van der Waals surface area contributed by atoms with Crippen LogP contribution in [0, 0.1) is 27.7 Å². The summed E-state index contributed by atoms with van der Waals surface area (Å²) >= 11 is 0. The fraction of sp³-hybridized carbons (Fsp3) is 0.182. The van der Waals surface area contributed by atoms with Crippen LogP contribution < -0.4 is 22.1 Å². The molecule has 0 spiro atoms. The Morgan fingerprint density at radius 2 is 0.958 bits per heavy atom. The van der Waals surface area contributed by atoms with E-state index in [0.717, 1.165) is 5.69 Å². The number of hydrogen-bond donors (Lipinski definition) is 1. The Hall–Kier alpha value is -2.48. The van der Waals surface area contributed by atoms with Crippen LogP contribution in [0.5, 0.6) is 0 Å². The average Bonchev–Trinajstić information content (AvgIpc) is 2.54. The van der Waals surface area contributed by atoms with Gasteiger partial charge in [0, 0.05) is 5.69 Å². The first-order valence-corrected chi connectivity index (χ1v) is 8.46. The molecule has 0 aromatic heterocycles. The fourth-order valence-corrected chi connectivity index (χ4v) is 3.73.